The van der Waals surface area contributed by atoms with Gasteiger partial charge in [-0.25, -0.2) is 0 Å². The van der Waals surface area contributed by atoms with E-state index in [1.54, 1.807) is 6.92 Å². The van der Waals surface area contributed by atoms with E-state index in [2.05, 4.69) is 26.4 Å². The number of nitriles is 2. The summed E-state index contributed by atoms with van der Waals surface area (Å²) < 4.78 is 0.212. The summed E-state index contributed by atoms with van der Waals surface area (Å²) in [7, 11) is 0. The molecule has 22 heavy (non-hydrogen) atoms. The zero-order valence-electron chi connectivity index (χ0n) is 12.7. The molecule has 0 aromatic heterocycles. The van der Waals surface area contributed by atoms with E-state index < -0.39 is 23.0 Å². The Morgan fingerprint density at radius 1 is 1.55 bits per heavy atom. The van der Waals surface area contributed by atoms with Gasteiger partial charge in [0.05, 0.1) is 27.7 Å². The highest BCUT2D eigenvalue weighted by Crippen LogP contribution is 2.55. The smallest absolute Gasteiger partial charge is 0.244 e. The molecule has 0 spiro atoms. The number of halogens is 1. The van der Waals surface area contributed by atoms with Crippen molar-refractivity contribution in [1.29, 1.82) is 10.5 Å². The Labute approximate surface area is 137 Å². The van der Waals surface area contributed by atoms with Crippen molar-refractivity contribution in [2.24, 2.45) is 21.7 Å². The van der Waals surface area contributed by atoms with Gasteiger partial charge in [-0.2, -0.15) is 10.5 Å². The number of hydrogen-bond donors (Lipinski definition) is 2. The van der Waals surface area contributed by atoms with Crippen LogP contribution in [0.5, 0.6) is 0 Å². The van der Waals surface area contributed by atoms with Gasteiger partial charge in [-0.3, -0.25) is 4.79 Å². The van der Waals surface area contributed by atoms with Crippen LogP contribution >= 0.6 is 15.9 Å². The van der Waals surface area contributed by atoms with Crippen molar-refractivity contribution in [1.82, 2.24) is 5.32 Å². The molecule has 1 aliphatic heterocycles. The van der Waals surface area contributed by atoms with Gasteiger partial charge in [0.25, 0.3) is 0 Å². The van der Waals surface area contributed by atoms with E-state index >= 15 is 0 Å². The number of carbonyl (C=O) groups is 1. The Hall–Kier alpha value is -2.06. The standard InChI is InChI=1S/C14H18BrN5O2/c1-4-13(5-2)12(22-19-6-3)20-10(15)9(7-16)14(13,8-17)11(18)21/h6,12,20H,4-5H2,1-3H3,(H2,18,21)/b19-6-/t12-,14+/m0/s1. The predicted molar refractivity (Wildman–Crippen MR) is 84.0 cm³/mol. The van der Waals surface area contributed by atoms with Crippen molar-refractivity contribution in [3.63, 3.8) is 0 Å². The number of oxime groups is 1. The van der Waals surface area contributed by atoms with Crippen LogP contribution in [0.15, 0.2) is 15.3 Å². The zero-order chi connectivity index (χ0) is 17.0. The van der Waals surface area contributed by atoms with Gasteiger partial charge in [-0.05, 0) is 35.7 Å². The van der Waals surface area contributed by atoms with Gasteiger partial charge in [-0.15, -0.1) is 0 Å². The molecular formula is C14H18BrN5O2. The first-order chi connectivity index (χ1) is 10.4. The van der Waals surface area contributed by atoms with Gasteiger partial charge in [0.2, 0.25) is 12.1 Å². The molecule has 0 bridgehead atoms. The third kappa shape index (κ3) is 2.24. The quantitative estimate of drug-likeness (QED) is 0.435. The number of rotatable bonds is 5. The molecule has 0 fully saturated rings. The minimum absolute atomic E-state index is 0.0356. The monoisotopic (exact) mass is 367 g/mol. The fraction of sp³-hybridized carbons (Fsp3) is 0.571. The van der Waals surface area contributed by atoms with E-state index in [1.165, 1.54) is 6.21 Å². The molecule has 0 saturated carbocycles. The minimum atomic E-state index is -1.80. The third-order valence-electron chi connectivity index (χ3n) is 4.28. The van der Waals surface area contributed by atoms with Crippen LogP contribution in [0.25, 0.3) is 0 Å². The molecule has 0 radical (unpaired) electrons. The second kappa shape index (κ2) is 6.80. The Kier molecular flexibility index (Phi) is 5.56. The molecule has 8 heteroatoms. The Balaban J connectivity index is 3.76. The molecule has 0 aliphatic carbocycles. The summed E-state index contributed by atoms with van der Waals surface area (Å²) in [5.74, 6) is -0.872. The van der Waals surface area contributed by atoms with E-state index in [9.17, 15) is 15.3 Å². The summed E-state index contributed by atoms with van der Waals surface area (Å²) in [5, 5.41) is 26.0. The molecule has 2 atom stereocenters. The molecular weight excluding hydrogens is 350 g/mol. The van der Waals surface area contributed by atoms with E-state index in [0.29, 0.717) is 12.8 Å². The van der Waals surface area contributed by atoms with Gasteiger partial charge in [0, 0.05) is 6.21 Å². The highest BCUT2D eigenvalue weighted by atomic mass is 79.9. The number of primary amides is 1. The predicted octanol–water partition coefficient (Wildman–Crippen LogP) is 1.87. The summed E-state index contributed by atoms with van der Waals surface area (Å²) in [6.07, 6.45) is 1.45. The van der Waals surface area contributed by atoms with Crippen molar-refractivity contribution in [3.05, 3.63) is 10.2 Å². The number of carbonyl (C=O) groups excluding carboxylic acids is 1. The molecule has 118 valence electrons. The first-order valence-corrected chi connectivity index (χ1v) is 7.62. The SMILES string of the molecule is C/C=N\O[C@@H]1NC(Br)=C(C#N)[C@](C#N)(C(N)=O)C1(CC)CC. The average molecular weight is 368 g/mol. The molecule has 0 aromatic rings. The minimum Gasteiger partial charge on any atom is -0.370 e. The normalized spacial score (nSPS) is 26.9. The summed E-state index contributed by atoms with van der Waals surface area (Å²) in [6, 6.07) is 3.92. The Morgan fingerprint density at radius 3 is 2.50 bits per heavy atom. The Morgan fingerprint density at radius 2 is 2.14 bits per heavy atom. The van der Waals surface area contributed by atoms with Gasteiger partial charge in [0.1, 0.15) is 0 Å². The first-order valence-electron chi connectivity index (χ1n) is 6.83. The number of nitrogens with zero attached hydrogens (tertiary/aromatic N) is 3. The van der Waals surface area contributed by atoms with Crippen LogP contribution in [0.2, 0.25) is 0 Å². The van der Waals surface area contributed by atoms with Gasteiger partial charge < -0.3 is 15.9 Å². The highest BCUT2D eigenvalue weighted by Gasteiger charge is 2.65. The second-order valence-corrected chi connectivity index (χ2v) is 5.68. The maximum atomic E-state index is 12.2. The van der Waals surface area contributed by atoms with Crippen molar-refractivity contribution in [2.75, 3.05) is 0 Å². The number of nitrogens with one attached hydrogen (secondary N) is 1. The first kappa shape index (κ1) is 18.0. The summed E-state index contributed by atoms with van der Waals surface area (Å²) in [4.78, 5) is 17.7. The van der Waals surface area contributed by atoms with Crippen LogP contribution in [-0.4, -0.2) is 18.3 Å². The van der Waals surface area contributed by atoms with Crippen LogP contribution in [0.3, 0.4) is 0 Å². The Bertz CT molecular complexity index is 597. The fourth-order valence-electron chi connectivity index (χ4n) is 3.06. The zero-order valence-corrected chi connectivity index (χ0v) is 14.3. The molecule has 0 aromatic carbocycles. The van der Waals surface area contributed by atoms with Crippen LogP contribution in [-0.2, 0) is 9.63 Å². The molecule has 1 rings (SSSR count). The molecule has 1 aliphatic rings. The van der Waals surface area contributed by atoms with Crippen molar-refractivity contribution in [2.45, 2.75) is 39.8 Å². The topological polar surface area (TPSA) is 124 Å². The lowest BCUT2D eigenvalue weighted by atomic mass is 9.55. The van der Waals surface area contributed by atoms with Crippen LogP contribution < -0.4 is 11.1 Å². The van der Waals surface area contributed by atoms with Crippen molar-refractivity contribution in [3.8, 4) is 12.1 Å². The highest BCUT2D eigenvalue weighted by molar-refractivity contribution is 9.11. The lowest BCUT2D eigenvalue weighted by molar-refractivity contribution is -0.145. The molecule has 0 unspecified atom stereocenters. The largest absolute Gasteiger partial charge is 0.370 e. The van der Waals surface area contributed by atoms with E-state index in [0.717, 1.165) is 0 Å². The summed E-state index contributed by atoms with van der Waals surface area (Å²) >= 11 is 3.20. The lowest BCUT2D eigenvalue weighted by Gasteiger charge is -2.50. The molecule has 7 nitrogen and oxygen atoms in total. The average Bonchev–Trinajstić information content (AvgIpc) is 2.51. The van der Waals surface area contributed by atoms with Crippen LogP contribution in [0, 0.1) is 33.5 Å². The molecule has 1 amide bonds. The van der Waals surface area contributed by atoms with E-state index in [1.807, 2.05) is 26.0 Å². The van der Waals surface area contributed by atoms with Gasteiger partial charge >= 0.3 is 0 Å². The fourth-order valence-corrected chi connectivity index (χ4v) is 3.65. The third-order valence-corrected chi connectivity index (χ3v) is 4.91. The molecule has 0 saturated heterocycles. The number of hydrogen-bond acceptors (Lipinski definition) is 6. The maximum absolute atomic E-state index is 12.2. The van der Waals surface area contributed by atoms with Crippen LogP contribution in [0.1, 0.15) is 33.6 Å². The molecule has 1 heterocycles. The summed E-state index contributed by atoms with van der Waals surface area (Å²) in [5.41, 5.74) is 2.71. The maximum Gasteiger partial charge on any atom is 0.244 e. The van der Waals surface area contributed by atoms with E-state index in [4.69, 9.17) is 10.6 Å². The summed E-state index contributed by atoms with van der Waals surface area (Å²) in [6.45, 7) is 5.32. The van der Waals surface area contributed by atoms with Gasteiger partial charge in [-0.1, -0.05) is 19.0 Å². The van der Waals surface area contributed by atoms with Crippen molar-refractivity contribution < 1.29 is 9.63 Å². The van der Waals surface area contributed by atoms with Gasteiger partial charge in [0.15, 0.2) is 5.41 Å². The number of amides is 1. The van der Waals surface area contributed by atoms with Crippen molar-refractivity contribution >= 4 is 28.1 Å². The van der Waals surface area contributed by atoms with E-state index in [-0.39, 0.29) is 10.2 Å². The second-order valence-electron chi connectivity index (χ2n) is 4.88. The number of nitrogens with two attached hydrogens (primary N) is 1. The van der Waals surface area contributed by atoms with Crippen LogP contribution in [0.4, 0.5) is 0 Å². The lowest BCUT2D eigenvalue weighted by Crippen LogP contribution is -2.63. The molecule has 3 N–H and O–H groups in total.